The van der Waals surface area contributed by atoms with Crippen molar-refractivity contribution in [3.8, 4) is 0 Å². The molecule has 1 rings (SSSR count). The maximum atomic E-state index is 13.8. The van der Waals surface area contributed by atoms with Crippen molar-refractivity contribution in [3.05, 3.63) is 34.9 Å². The van der Waals surface area contributed by atoms with Crippen LogP contribution in [0.25, 0.3) is 0 Å². The van der Waals surface area contributed by atoms with Crippen LogP contribution in [0.1, 0.15) is 37.9 Å². The van der Waals surface area contributed by atoms with Crippen LogP contribution in [0.5, 0.6) is 0 Å². The van der Waals surface area contributed by atoms with Crippen LogP contribution in [-0.2, 0) is 4.74 Å². The third kappa shape index (κ3) is 4.45. The normalized spacial score (nSPS) is 12.9. The van der Waals surface area contributed by atoms with Crippen LogP contribution < -0.4 is 11.1 Å². The largest absolute Gasteiger partial charge is 0.444 e. The lowest BCUT2D eigenvalue weighted by Gasteiger charge is -2.23. The quantitative estimate of drug-likeness (QED) is 0.898. The predicted octanol–water partition coefficient (Wildman–Crippen LogP) is 2.80. The Morgan fingerprint density at radius 1 is 1.35 bits per heavy atom. The van der Waals surface area contributed by atoms with Crippen LogP contribution in [0.4, 0.5) is 13.6 Å². The van der Waals surface area contributed by atoms with E-state index in [0.717, 1.165) is 12.1 Å². The minimum Gasteiger partial charge on any atom is -0.444 e. The Morgan fingerprint density at radius 2 is 1.95 bits per heavy atom. The lowest BCUT2D eigenvalue weighted by atomic mass is 10.0. The summed E-state index contributed by atoms with van der Waals surface area (Å²) in [6.07, 6.45) is -0.728. The molecule has 0 heterocycles. The summed E-state index contributed by atoms with van der Waals surface area (Å²) >= 11 is 0. The van der Waals surface area contributed by atoms with Crippen molar-refractivity contribution >= 4 is 6.09 Å². The van der Waals surface area contributed by atoms with Crippen LogP contribution in [0.3, 0.4) is 0 Å². The molecule has 0 saturated carbocycles. The van der Waals surface area contributed by atoms with Crippen LogP contribution in [0, 0.1) is 18.6 Å². The zero-order valence-corrected chi connectivity index (χ0v) is 12.1. The van der Waals surface area contributed by atoms with Crippen LogP contribution in [0.15, 0.2) is 12.1 Å². The van der Waals surface area contributed by atoms with Gasteiger partial charge in [-0.15, -0.1) is 0 Å². The van der Waals surface area contributed by atoms with E-state index in [-0.39, 0.29) is 17.7 Å². The summed E-state index contributed by atoms with van der Waals surface area (Å²) < 4.78 is 32.4. The Balaban J connectivity index is 2.92. The molecule has 0 spiro atoms. The molecule has 0 aliphatic carbocycles. The van der Waals surface area contributed by atoms with E-state index in [1.165, 1.54) is 6.92 Å². The zero-order valence-electron chi connectivity index (χ0n) is 12.1. The molecule has 0 radical (unpaired) electrons. The van der Waals surface area contributed by atoms with Crippen molar-refractivity contribution in [3.63, 3.8) is 0 Å². The first-order chi connectivity index (χ1) is 9.14. The highest BCUT2D eigenvalue weighted by molar-refractivity contribution is 5.68. The van der Waals surface area contributed by atoms with Gasteiger partial charge in [-0.1, -0.05) is 0 Å². The van der Waals surface area contributed by atoms with Gasteiger partial charge < -0.3 is 15.8 Å². The molecular weight excluding hydrogens is 266 g/mol. The SMILES string of the molecule is Cc1cc(F)c(C(CN)NC(=O)OC(C)(C)C)cc1F. The van der Waals surface area contributed by atoms with Crippen molar-refractivity contribution in [1.82, 2.24) is 5.32 Å². The Morgan fingerprint density at radius 3 is 2.45 bits per heavy atom. The fourth-order valence-electron chi connectivity index (χ4n) is 1.64. The topological polar surface area (TPSA) is 64.3 Å². The van der Waals surface area contributed by atoms with E-state index in [9.17, 15) is 13.6 Å². The molecule has 0 saturated heterocycles. The van der Waals surface area contributed by atoms with Gasteiger partial charge in [-0.3, -0.25) is 0 Å². The van der Waals surface area contributed by atoms with E-state index in [4.69, 9.17) is 10.5 Å². The average Bonchev–Trinajstić information content (AvgIpc) is 2.29. The minimum absolute atomic E-state index is 0.00135. The van der Waals surface area contributed by atoms with Crippen LogP contribution >= 0.6 is 0 Å². The monoisotopic (exact) mass is 286 g/mol. The summed E-state index contributed by atoms with van der Waals surface area (Å²) in [7, 11) is 0. The fraction of sp³-hybridized carbons (Fsp3) is 0.500. The number of carbonyl (C=O) groups is 1. The van der Waals surface area contributed by atoms with E-state index in [1.54, 1.807) is 20.8 Å². The number of carbonyl (C=O) groups excluding carboxylic acids is 1. The molecule has 0 fully saturated rings. The summed E-state index contributed by atoms with van der Waals surface area (Å²) in [5.74, 6) is -1.17. The second kappa shape index (κ2) is 6.17. The van der Waals surface area contributed by atoms with Crippen molar-refractivity contribution in [2.24, 2.45) is 5.73 Å². The number of ether oxygens (including phenoxy) is 1. The van der Waals surface area contributed by atoms with E-state index in [0.29, 0.717) is 0 Å². The van der Waals surface area contributed by atoms with Crippen molar-refractivity contribution in [2.75, 3.05) is 6.54 Å². The second-order valence-corrected chi connectivity index (χ2v) is 5.56. The summed E-state index contributed by atoms with van der Waals surface area (Å²) in [6.45, 7) is 6.50. The molecule has 3 N–H and O–H groups in total. The number of benzene rings is 1. The first-order valence-corrected chi connectivity index (χ1v) is 6.29. The molecule has 0 bridgehead atoms. The lowest BCUT2D eigenvalue weighted by molar-refractivity contribution is 0.0504. The molecule has 1 amide bonds. The van der Waals surface area contributed by atoms with Gasteiger partial charge in [0, 0.05) is 12.1 Å². The molecule has 1 atom stereocenters. The van der Waals surface area contributed by atoms with E-state index in [1.807, 2.05) is 0 Å². The molecule has 1 aromatic rings. The minimum atomic E-state index is -0.847. The van der Waals surface area contributed by atoms with Gasteiger partial charge >= 0.3 is 6.09 Å². The van der Waals surface area contributed by atoms with Gasteiger partial charge in [-0.2, -0.15) is 0 Å². The van der Waals surface area contributed by atoms with Crippen molar-refractivity contribution in [2.45, 2.75) is 39.3 Å². The number of amides is 1. The molecule has 6 heteroatoms. The highest BCUT2D eigenvalue weighted by Gasteiger charge is 2.22. The smallest absolute Gasteiger partial charge is 0.408 e. The van der Waals surface area contributed by atoms with Gasteiger partial charge in [0.2, 0.25) is 0 Å². The number of nitrogens with two attached hydrogens (primary N) is 1. The number of nitrogens with one attached hydrogen (secondary N) is 1. The zero-order chi connectivity index (χ0) is 15.5. The highest BCUT2D eigenvalue weighted by atomic mass is 19.1. The van der Waals surface area contributed by atoms with Gasteiger partial charge in [-0.25, -0.2) is 13.6 Å². The number of hydrogen-bond donors (Lipinski definition) is 2. The molecule has 4 nitrogen and oxygen atoms in total. The molecule has 0 aliphatic heterocycles. The predicted molar refractivity (Wildman–Crippen MR) is 72.3 cm³/mol. The van der Waals surface area contributed by atoms with Gasteiger partial charge in [0.15, 0.2) is 0 Å². The van der Waals surface area contributed by atoms with Gasteiger partial charge in [0.1, 0.15) is 17.2 Å². The fourth-order valence-corrected chi connectivity index (χ4v) is 1.64. The molecule has 0 aliphatic rings. The molecule has 1 aromatic carbocycles. The first-order valence-electron chi connectivity index (χ1n) is 6.29. The molecule has 1 unspecified atom stereocenters. The summed E-state index contributed by atoms with van der Waals surface area (Å²) in [5, 5.41) is 2.43. The molecule has 112 valence electrons. The maximum absolute atomic E-state index is 13.8. The second-order valence-electron chi connectivity index (χ2n) is 5.56. The Labute approximate surface area is 117 Å². The summed E-state index contributed by atoms with van der Waals surface area (Å²) in [4.78, 5) is 11.7. The van der Waals surface area contributed by atoms with Crippen molar-refractivity contribution < 1.29 is 18.3 Å². The standard InChI is InChI=1S/C14H20F2N2O2/c1-8-5-11(16)9(6-10(8)15)12(7-17)18-13(19)20-14(2,3)4/h5-6,12H,7,17H2,1-4H3,(H,18,19). The van der Waals surface area contributed by atoms with E-state index in [2.05, 4.69) is 5.32 Å². The Kier molecular flexibility index (Phi) is 5.05. The molecular formula is C14H20F2N2O2. The third-order valence-corrected chi connectivity index (χ3v) is 2.58. The molecule has 0 aromatic heterocycles. The lowest BCUT2D eigenvalue weighted by Crippen LogP contribution is -2.38. The summed E-state index contributed by atoms with van der Waals surface area (Å²) in [6, 6.07) is 1.27. The first kappa shape index (κ1) is 16.4. The highest BCUT2D eigenvalue weighted by Crippen LogP contribution is 2.21. The Hall–Kier alpha value is -1.69. The van der Waals surface area contributed by atoms with E-state index >= 15 is 0 Å². The molecule has 20 heavy (non-hydrogen) atoms. The average molecular weight is 286 g/mol. The van der Waals surface area contributed by atoms with Gasteiger partial charge in [0.05, 0.1) is 6.04 Å². The van der Waals surface area contributed by atoms with Crippen LogP contribution in [-0.4, -0.2) is 18.2 Å². The van der Waals surface area contributed by atoms with Crippen LogP contribution in [0.2, 0.25) is 0 Å². The van der Waals surface area contributed by atoms with Gasteiger partial charge in [0.25, 0.3) is 0 Å². The van der Waals surface area contributed by atoms with Gasteiger partial charge in [-0.05, 0) is 45.4 Å². The summed E-state index contributed by atoms with van der Waals surface area (Å²) in [5.41, 5.74) is 5.03. The number of alkyl carbamates (subject to hydrolysis) is 1. The number of rotatable bonds is 3. The number of aryl methyl sites for hydroxylation is 1. The maximum Gasteiger partial charge on any atom is 0.408 e. The van der Waals surface area contributed by atoms with Crippen molar-refractivity contribution in [1.29, 1.82) is 0 Å². The number of hydrogen-bond acceptors (Lipinski definition) is 3. The van der Waals surface area contributed by atoms with E-state index < -0.39 is 29.4 Å². The third-order valence-electron chi connectivity index (χ3n) is 2.58. The number of halogens is 2. The Bertz CT molecular complexity index is 499.